The van der Waals surface area contributed by atoms with E-state index in [1.807, 2.05) is 54.6 Å². The van der Waals surface area contributed by atoms with E-state index in [-0.39, 0.29) is 23.1 Å². The van der Waals surface area contributed by atoms with Crippen LogP contribution in [0.4, 0.5) is 4.39 Å². The van der Waals surface area contributed by atoms with Gasteiger partial charge in [-0.1, -0.05) is 89.9 Å². The number of phenols is 1. The number of phenolic OH excluding ortho intramolecular Hbond substituents is 1. The third-order valence-corrected chi connectivity index (χ3v) is 7.83. The number of rotatable bonds is 8. The Kier molecular flexibility index (Phi) is 7.77. The van der Waals surface area contributed by atoms with Gasteiger partial charge in [-0.05, 0) is 52.9 Å². The molecule has 0 aliphatic rings. The smallest absolute Gasteiger partial charge is 0.247 e. The first kappa shape index (κ1) is 25.2. The van der Waals surface area contributed by atoms with Crippen LogP contribution < -0.4 is 0 Å². The van der Waals surface area contributed by atoms with Crippen LogP contribution in [-0.4, -0.2) is 17.8 Å². The van der Waals surface area contributed by atoms with E-state index in [9.17, 15) is 17.9 Å². The van der Waals surface area contributed by atoms with Gasteiger partial charge in [-0.3, -0.25) is 0 Å². The van der Waals surface area contributed by atoms with Gasteiger partial charge < -0.3 is 5.11 Å². The Bertz CT molecular complexity index is 1410. The molecule has 0 amide bonds. The summed E-state index contributed by atoms with van der Waals surface area (Å²) in [6, 6.07) is 25.7. The van der Waals surface area contributed by atoms with Crippen molar-refractivity contribution in [3.05, 3.63) is 129 Å². The van der Waals surface area contributed by atoms with Crippen LogP contribution in [0.5, 0.6) is 5.75 Å². The predicted molar refractivity (Wildman–Crippen MR) is 137 cm³/mol. The molecule has 0 aliphatic carbocycles. The van der Waals surface area contributed by atoms with E-state index < -0.39 is 26.5 Å². The lowest BCUT2D eigenvalue weighted by Gasteiger charge is -2.23. The Balaban J connectivity index is 1.65. The molecule has 0 spiro atoms. The molecule has 0 aliphatic heterocycles. The van der Waals surface area contributed by atoms with E-state index in [4.69, 9.17) is 23.2 Å². The summed E-state index contributed by atoms with van der Waals surface area (Å²) < 4.78 is 41.8. The van der Waals surface area contributed by atoms with E-state index in [0.717, 1.165) is 17.5 Å². The molecule has 0 aromatic heterocycles. The first-order valence-corrected chi connectivity index (χ1v) is 13.0. The van der Waals surface area contributed by atoms with Gasteiger partial charge in [0.2, 0.25) is 10.0 Å². The van der Waals surface area contributed by atoms with Gasteiger partial charge in [-0.2, -0.15) is 4.31 Å². The summed E-state index contributed by atoms with van der Waals surface area (Å²) >= 11 is 12.0. The highest BCUT2D eigenvalue weighted by Crippen LogP contribution is 2.36. The van der Waals surface area contributed by atoms with E-state index in [1.54, 1.807) is 0 Å². The molecule has 8 heteroatoms. The normalized spacial score (nSPS) is 11.7. The van der Waals surface area contributed by atoms with Gasteiger partial charge in [0.1, 0.15) is 10.7 Å². The van der Waals surface area contributed by atoms with Crippen molar-refractivity contribution in [1.29, 1.82) is 0 Å². The number of sulfonamides is 1. The van der Waals surface area contributed by atoms with Gasteiger partial charge in [-0.25, -0.2) is 12.8 Å². The van der Waals surface area contributed by atoms with Gasteiger partial charge in [0.25, 0.3) is 0 Å². The fourth-order valence-electron chi connectivity index (χ4n) is 3.70. The Morgan fingerprint density at radius 2 is 1.26 bits per heavy atom. The average molecular weight is 530 g/mol. The number of aromatic hydroxyl groups is 1. The van der Waals surface area contributed by atoms with Crippen LogP contribution in [0.15, 0.2) is 95.9 Å². The average Bonchev–Trinajstić information content (AvgIpc) is 2.84. The second-order valence-corrected chi connectivity index (χ2v) is 10.9. The minimum absolute atomic E-state index is 0.0227. The third kappa shape index (κ3) is 6.21. The van der Waals surface area contributed by atoms with Crippen LogP contribution >= 0.6 is 23.2 Å². The van der Waals surface area contributed by atoms with Crippen molar-refractivity contribution < 1.29 is 17.9 Å². The molecule has 4 aromatic rings. The molecule has 0 saturated heterocycles. The molecule has 0 heterocycles. The Morgan fingerprint density at radius 3 is 1.86 bits per heavy atom. The SMILES string of the molecule is O=S(=O)(c1cc(Cl)cc(Cl)c1O)N(Cc1ccc(F)cc1)Cc1ccc(Cc2ccccc2)cc1. The van der Waals surface area contributed by atoms with E-state index in [2.05, 4.69) is 0 Å². The summed E-state index contributed by atoms with van der Waals surface area (Å²) in [5, 5.41) is 10.3. The second-order valence-electron chi connectivity index (χ2n) is 8.11. The van der Waals surface area contributed by atoms with Crippen molar-refractivity contribution in [2.45, 2.75) is 24.4 Å². The molecule has 1 N–H and O–H groups in total. The molecule has 0 bridgehead atoms. The summed E-state index contributed by atoms with van der Waals surface area (Å²) in [4.78, 5) is -0.391. The summed E-state index contributed by atoms with van der Waals surface area (Å²) in [7, 11) is -4.22. The van der Waals surface area contributed by atoms with Crippen molar-refractivity contribution in [1.82, 2.24) is 4.31 Å². The van der Waals surface area contributed by atoms with Gasteiger partial charge >= 0.3 is 0 Å². The Morgan fingerprint density at radius 1 is 0.743 bits per heavy atom. The fraction of sp³-hybridized carbons (Fsp3) is 0.111. The number of nitrogens with zero attached hydrogens (tertiary/aromatic N) is 1. The molecular formula is C27H22Cl2FNO3S. The zero-order valence-electron chi connectivity index (χ0n) is 18.5. The first-order valence-electron chi connectivity index (χ1n) is 10.8. The monoisotopic (exact) mass is 529 g/mol. The van der Waals surface area contributed by atoms with Crippen LogP contribution in [0.2, 0.25) is 10.0 Å². The van der Waals surface area contributed by atoms with Crippen molar-refractivity contribution in [3.8, 4) is 5.75 Å². The maximum Gasteiger partial charge on any atom is 0.247 e. The second kappa shape index (κ2) is 10.8. The maximum absolute atomic E-state index is 13.6. The zero-order valence-corrected chi connectivity index (χ0v) is 20.9. The Hall–Kier alpha value is -2.90. The molecule has 0 fully saturated rings. The lowest BCUT2D eigenvalue weighted by Crippen LogP contribution is -2.30. The van der Waals surface area contributed by atoms with Crippen molar-refractivity contribution in [2.75, 3.05) is 0 Å². The fourth-order valence-corrected chi connectivity index (χ4v) is 5.86. The quantitative estimate of drug-likeness (QED) is 0.272. The highest BCUT2D eigenvalue weighted by Gasteiger charge is 2.29. The summed E-state index contributed by atoms with van der Waals surface area (Å²) in [5.41, 5.74) is 3.60. The minimum Gasteiger partial charge on any atom is -0.505 e. The highest BCUT2D eigenvalue weighted by molar-refractivity contribution is 7.89. The van der Waals surface area contributed by atoms with Crippen LogP contribution in [0.25, 0.3) is 0 Å². The van der Waals surface area contributed by atoms with E-state index >= 15 is 0 Å². The van der Waals surface area contributed by atoms with Gasteiger partial charge in [0.15, 0.2) is 5.75 Å². The topological polar surface area (TPSA) is 57.6 Å². The maximum atomic E-state index is 13.6. The molecule has 4 nitrogen and oxygen atoms in total. The molecule has 35 heavy (non-hydrogen) atoms. The molecule has 0 radical (unpaired) electrons. The third-order valence-electron chi connectivity index (χ3n) is 5.52. The summed E-state index contributed by atoms with van der Waals surface area (Å²) in [6.45, 7) is -0.0210. The minimum atomic E-state index is -4.22. The highest BCUT2D eigenvalue weighted by atomic mass is 35.5. The Labute approximate surface area is 214 Å². The molecule has 0 saturated carbocycles. The van der Waals surface area contributed by atoms with Crippen LogP contribution in [0, 0.1) is 5.82 Å². The number of hydrogen-bond donors (Lipinski definition) is 1. The standard InChI is InChI=1S/C27H22Cl2FNO3S/c28-23-15-25(29)27(32)26(16-23)35(33,34)31(18-22-10-12-24(30)13-11-22)17-21-8-6-20(7-9-21)14-19-4-2-1-3-5-19/h1-13,15-16,32H,14,17-18H2. The summed E-state index contributed by atoms with van der Waals surface area (Å²) in [5.74, 6) is -0.991. The van der Waals surface area contributed by atoms with Crippen LogP contribution in [0.1, 0.15) is 22.3 Å². The molecule has 4 aromatic carbocycles. The van der Waals surface area contributed by atoms with Gasteiger partial charge in [0.05, 0.1) is 5.02 Å². The van der Waals surface area contributed by atoms with Gasteiger partial charge in [0, 0.05) is 18.1 Å². The number of hydrogen-bond acceptors (Lipinski definition) is 3. The molecule has 0 atom stereocenters. The summed E-state index contributed by atoms with van der Waals surface area (Å²) in [6.07, 6.45) is 0.758. The lowest BCUT2D eigenvalue weighted by atomic mass is 10.0. The lowest BCUT2D eigenvalue weighted by molar-refractivity contribution is 0.394. The van der Waals surface area contributed by atoms with Crippen LogP contribution in [-0.2, 0) is 29.5 Å². The van der Waals surface area contributed by atoms with Crippen LogP contribution in [0.3, 0.4) is 0 Å². The van der Waals surface area contributed by atoms with E-state index in [1.165, 1.54) is 46.3 Å². The van der Waals surface area contributed by atoms with E-state index in [0.29, 0.717) is 5.56 Å². The zero-order chi connectivity index (χ0) is 25.0. The first-order chi connectivity index (χ1) is 16.7. The molecular weight excluding hydrogens is 508 g/mol. The largest absolute Gasteiger partial charge is 0.505 e. The predicted octanol–water partition coefficient (Wildman–Crippen LogP) is 6.82. The number of benzene rings is 4. The molecule has 0 unspecified atom stereocenters. The van der Waals surface area contributed by atoms with Crippen molar-refractivity contribution >= 4 is 33.2 Å². The number of halogens is 3. The van der Waals surface area contributed by atoms with Crippen molar-refractivity contribution in [3.63, 3.8) is 0 Å². The van der Waals surface area contributed by atoms with Gasteiger partial charge in [-0.15, -0.1) is 0 Å². The molecule has 180 valence electrons. The molecule has 4 rings (SSSR count). The van der Waals surface area contributed by atoms with Crippen molar-refractivity contribution in [2.24, 2.45) is 0 Å².